The third kappa shape index (κ3) is 4.56. The third-order valence-corrected chi connectivity index (χ3v) is 3.59. The van der Waals surface area contributed by atoms with Crippen molar-refractivity contribution in [3.05, 3.63) is 54.5 Å². The molecular weight excluding hydrogens is 330 g/mol. The van der Waals surface area contributed by atoms with E-state index in [0.29, 0.717) is 11.6 Å². The summed E-state index contributed by atoms with van der Waals surface area (Å²) in [7, 11) is 3.87. The summed E-state index contributed by atoms with van der Waals surface area (Å²) in [5, 5.41) is 10.0. The number of nitrogens with one attached hydrogen (secondary N) is 2. The first-order valence-electron chi connectivity index (χ1n) is 8.17. The Morgan fingerprint density at radius 3 is 2.54 bits per heavy atom. The molecule has 3 rings (SSSR count). The second-order valence-electron chi connectivity index (χ2n) is 6.04. The third-order valence-electron chi connectivity index (χ3n) is 3.59. The van der Waals surface area contributed by atoms with Gasteiger partial charge in [0.1, 0.15) is 12.4 Å². The first kappa shape index (κ1) is 17.4. The van der Waals surface area contributed by atoms with E-state index >= 15 is 0 Å². The zero-order chi connectivity index (χ0) is 18.5. The molecule has 2 heterocycles. The molecule has 0 saturated carbocycles. The minimum Gasteiger partial charge on any atom is -0.363 e. The molecule has 26 heavy (non-hydrogen) atoms. The van der Waals surface area contributed by atoms with E-state index in [2.05, 4.69) is 25.7 Å². The van der Waals surface area contributed by atoms with E-state index in [0.717, 1.165) is 17.2 Å². The molecule has 2 aromatic heterocycles. The molecule has 0 saturated heterocycles. The highest BCUT2D eigenvalue weighted by molar-refractivity contribution is 5.90. The Morgan fingerprint density at radius 2 is 1.88 bits per heavy atom. The van der Waals surface area contributed by atoms with Crippen molar-refractivity contribution in [1.29, 1.82) is 0 Å². The molecule has 0 radical (unpaired) electrons. The lowest BCUT2D eigenvalue weighted by atomic mass is 10.2. The SMILES string of the molecule is Cc1cc(N(C)C)nc(Nc2ccc(NC(=O)Cn3cccn3)cc2)n1. The van der Waals surface area contributed by atoms with Crippen molar-refractivity contribution in [3.8, 4) is 0 Å². The van der Waals surface area contributed by atoms with E-state index in [-0.39, 0.29) is 12.5 Å². The number of aryl methyl sites for hydroxylation is 1. The maximum absolute atomic E-state index is 12.0. The molecule has 8 nitrogen and oxygen atoms in total. The van der Waals surface area contributed by atoms with Gasteiger partial charge >= 0.3 is 0 Å². The van der Waals surface area contributed by atoms with Crippen LogP contribution >= 0.6 is 0 Å². The molecule has 0 bridgehead atoms. The van der Waals surface area contributed by atoms with Crippen molar-refractivity contribution in [2.45, 2.75) is 13.5 Å². The largest absolute Gasteiger partial charge is 0.363 e. The summed E-state index contributed by atoms with van der Waals surface area (Å²) < 4.78 is 1.57. The van der Waals surface area contributed by atoms with Gasteiger partial charge < -0.3 is 15.5 Å². The summed E-state index contributed by atoms with van der Waals surface area (Å²) in [5.41, 5.74) is 2.44. The highest BCUT2D eigenvalue weighted by Crippen LogP contribution is 2.19. The van der Waals surface area contributed by atoms with Crippen LogP contribution in [0.1, 0.15) is 5.69 Å². The van der Waals surface area contributed by atoms with Gasteiger partial charge in [0.2, 0.25) is 11.9 Å². The van der Waals surface area contributed by atoms with Gasteiger partial charge in [-0.2, -0.15) is 10.1 Å². The van der Waals surface area contributed by atoms with Crippen LogP contribution in [0.4, 0.5) is 23.1 Å². The Kier molecular flexibility index (Phi) is 5.12. The molecule has 0 fully saturated rings. The van der Waals surface area contributed by atoms with E-state index in [1.165, 1.54) is 0 Å². The Morgan fingerprint density at radius 1 is 1.15 bits per heavy atom. The van der Waals surface area contributed by atoms with Crippen LogP contribution < -0.4 is 15.5 Å². The van der Waals surface area contributed by atoms with Gasteiger partial charge in [0.25, 0.3) is 0 Å². The second-order valence-corrected chi connectivity index (χ2v) is 6.04. The van der Waals surface area contributed by atoms with Crippen LogP contribution in [0, 0.1) is 6.92 Å². The summed E-state index contributed by atoms with van der Waals surface area (Å²) >= 11 is 0. The number of carbonyl (C=O) groups is 1. The second kappa shape index (κ2) is 7.64. The summed E-state index contributed by atoms with van der Waals surface area (Å²) in [5.74, 6) is 1.23. The molecule has 1 aromatic carbocycles. The van der Waals surface area contributed by atoms with Crippen LogP contribution in [-0.4, -0.2) is 39.8 Å². The fourth-order valence-electron chi connectivity index (χ4n) is 2.34. The summed E-state index contributed by atoms with van der Waals surface area (Å²) in [6.07, 6.45) is 3.39. The topological polar surface area (TPSA) is 88.0 Å². The molecular formula is C18H21N7O. The smallest absolute Gasteiger partial charge is 0.246 e. The number of nitrogens with zero attached hydrogens (tertiary/aromatic N) is 5. The maximum Gasteiger partial charge on any atom is 0.246 e. The van der Waals surface area contributed by atoms with Crippen molar-refractivity contribution in [3.63, 3.8) is 0 Å². The molecule has 0 aliphatic carbocycles. The van der Waals surface area contributed by atoms with Gasteiger partial charge in [-0.3, -0.25) is 9.48 Å². The summed E-state index contributed by atoms with van der Waals surface area (Å²) in [6, 6.07) is 11.1. The quantitative estimate of drug-likeness (QED) is 0.709. The van der Waals surface area contributed by atoms with E-state index in [4.69, 9.17) is 0 Å². The molecule has 0 aliphatic rings. The number of aromatic nitrogens is 4. The summed E-state index contributed by atoms with van der Waals surface area (Å²) in [4.78, 5) is 22.8. The van der Waals surface area contributed by atoms with E-state index < -0.39 is 0 Å². The average Bonchev–Trinajstić information content (AvgIpc) is 3.09. The highest BCUT2D eigenvalue weighted by Gasteiger charge is 2.06. The normalized spacial score (nSPS) is 10.4. The predicted octanol–water partition coefficient (Wildman–Crippen LogP) is 2.43. The lowest BCUT2D eigenvalue weighted by Crippen LogP contribution is -2.18. The van der Waals surface area contributed by atoms with E-state index in [9.17, 15) is 4.79 Å². The number of anilines is 4. The van der Waals surface area contributed by atoms with Crippen LogP contribution in [0.3, 0.4) is 0 Å². The minimum atomic E-state index is -0.132. The van der Waals surface area contributed by atoms with Crippen LogP contribution in [0.25, 0.3) is 0 Å². The first-order valence-corrected chi connectivity index (χ1v) is 8.17. The van der Waals surface area contributed by atoms with Crippen molar-refractivity contribution in [2.24, 2.45) is 0 Å². The first-order chi connectivity index (χ1) is 12.5. The number of carbonyl (C=O) groups excluding carboxylic acids is 1. The predicted molar refractivity (Wildman–Crippen MR) is 102 cm³/mol. The molecule has 1 amide bonds. The number of hydrogen-bond acceptors (Lipinski definition) is 6. The van der Waals surface area contributed by atoms with Crippen LogP contribution in [0.2, 0.25) is 0 Å². The summed E-state index contributed by atoms with van der Waals surface area (Å²) in [6.45, 7) is 2.11. The fourth-order valence-corrected chi connectivity index (χ4v) is 2.34. The van der Waals surface area contributed by atoms with Gasteiger partial charge in [-0.15, -0.1) is 0 Å². The van der Waals surface area contributed by atoms with E-state index in [1.807, 2.05) is 56.3 Å². The van der Waals surface area contributed by atoms with Gasteiger partial charge in [-0.05, 0) is 37.3 Å². The van der Waals surface area contributed by atoms with Crippen LogP contribution in [-0.2, 0) is 11.3 Å². The Bertz CT molecular complexity index is 873. The van der Waals surface area contributed by atoms with E-state index in [1.54, 1.807) is 23.1 Å². The zero-order valence-electron chi connectivity index (χ0n) is 15.0. The van der Waals surface area contributed by atoms with Crippen LogP contribution in [0.5, 0.6) is 0 Å². The molecule has 2 N–H and O–H groups in total. The van der Waals surface area contributed by atoms with Crippen molar-refractivity contribution in [2.75, 3.05) is 29.6 Å². The minimum absolute atomic E-state index is 0.132. The standard InChI is InChI=1S/C18H21N7O/c1-13-11-16(24(2)3)23-18(20-13)22-15-7-5-14(6-8-15)21-17(26)12-25-10-4-9-19-25/h4-11H,12H2,1-3H3,(H,21,26)(H,20,22,23). The van der Waals surface area contributed by atoms with Gasteiger partial charge in [-0.1, -0.05) is 0 Å². The van der Waals surface area contributed by atoms with Crippen molar-refractivity contribution in [1.82, 2.24) is 19.7 Å². The highest BCUT2D eigenvalue weighted by atomic mass is 16.2. The average molecular weight is 351 g/mol. The molecule has 0 atom stereocenters. The lowest BCUT2D eigenvalue weighted by Gasteiger charge is -2.14. The van der Waals surface area contributed by atoms with Gasteiger partial charge in [0, 0.05) is 49.6 Å². The van der Waals surface area contributed by atoms with Gasteiger partial charge in [0.15, 0.2) is 0 Å². The number of amides is 1. The monoisotopic (exact) mass is 351 g/mol. The Balaban J connectivity index is 1.63. The molecule has 0 spiro atoms. The molecule has 0 unspecified atom stereocenters. The lowest BCUT2D eigenvalue weighted by molar-refractivity contribution is -0.116. The fraction of sp³-hybridized carbons (Fsp3) is 0.222. The Hall–Kier alpha value is -3.42. The van der Waals surface area contributed by atoms with Gasteiger partial charge in [0.05, 0.1) is 0 Å². The Labute approximate surface area is 151 Å². The van der Waals surface area contributed by atoms with Crippen molar-refractivity contribution >= 4 is 29.0 Å². The van der Waals surface area contributed by atoms with Gasteiger partial charge in [-0.25, -0.2) is 4.98 Å². The maximum atomic E-state index is 12.0. The number of rotatable bonds is 6. The van der Waals surface area contributed by atoms with Crippen molar-refractivity contribution < 1.29 is 4.79 Å². The molecule has 3 aromatic rings. The van der Waals surface area contributed by atoms with Crippen LogP contribution in [0.15, 0.2) is 48.8 Å². The molecule has 0 aliphatic heterocycles. The zero-order valence-corrected chi connectivity index (χ0v) is 15.0. The number of benzene rings is 1. The number of hydrogen-bond donors (Lipinski definition) is 2. The molecule has 8 heteroatoms. The molecule has 134 valence electrons.